The molecule has 3 aliphatic rings. The van der Waals surface area contributed by atoms with Gasteiger partial charge in [0.15, 0.2) is 0 Å². The first-order chi connectivity index (χ1) is 10.8. The van der Waals surface area contributed by atoms with Gasteiger partial charge < -0.3 is 14.9 Å². The van der Waals surface area contributed by atoms with Crippen LogP contribution in [-0.4, -0.2) is 0 Å². The van der Waals surface area contributed by atoms with E-state index in [9.17, 15) is 0 Å². The molecule has 0 aromatic rings. The van der Waals surface area contributed by atoms with Crippen LogP contribution < -0.4 is 0 Å². The van der Waals surface area contributed by atoms with E-state index in [2.05, 4.69) is 65.8 Å². The van der Waals surface area contributed by atoms with Crippen molar-refractivity contribution < 1.29 is 20.8 Å². The monoisotopic (exact) mass is 464 g/mol. The first-order valence-corrected chi connectivity index (χ1v) is 15.5. The van der Waals surface area contributed by atoms with Gasteiger partial charge in [-0.2, -0.15) is 0 Å². The molecule has 2 saturated carbocycles. The van der Waals surface area contributed by atoms with Gasteiger partial charge >= 0.3 is 37.9 Å². The fourth-order valence-electron chi connectivity index (χ4n) is 4.61. The van der Waals surface area contributed by atoms with Crippen molar-refractivity contribution in [2.75, 3.05) is 0 Å². The molecule has 2 fully saturated rings. The number of hydrogen-bond acceptors (Lipinski definition) is 0. The molecule has 0 spiro atoms. The molecule has 3 rings (SSSR count). The fourth-order valence-corrected chi connectivity index (χ4v) is 4.61. The zero-order chi connectivity index (χ0) is 17.6. The van der Waals surface area contributed by atoms with E-state index in [1.54, 1.807) is 0 Å². The normalized spacial score (nSPS) is 40.2. The summed E-state index contributed by atoms with van der Waals surface area (Å²) in [4.78, 5) is 0. The summed E-state index contributed by atoms with van der Waals surface area (Å²) >= 11 is -0.826. The molecule has 0 saturated heterocycles. The quantitative estimate of drug-likeness (QED) is 0.315. The van der Waals surface area contributed by atoms with Crippen LogP contribution in [0.3, 0.4) is 0 Å². The molecule has 3 atom stereocenters. The van der Waals surface area contributed by atoms with Crippen molar-refractivity contribution in [3.05, 3.63) is 39.2 Å². The van der Waals surface area contributed by atoms with E-state index in [4.69, 9.17) is 17.0 Å². The number of rotatable bonds is 0. The molecule has 0 radical (unpaired) electrons. The molecule has 25 heavy (non-hydrogen) atoms. The third-order valence-electron chi connectivity index (χ3n) is 7.06. The summed E-state index contributed by atoms with van der Waals surface area (Å²) in [6.07, 6.45) is 12.0. The Morgan fingerprint density at radius 1 is 0.680 bits per heavy atom. The predicted molar refractivity (Wildman–Crippen MR) is 114 cm³/mol. The first-order valence-electron chi connectivity index (χ1n) is 9.16. The summed E-state index contributed by atoms with van der Waals surface area (Å²) in [6.45, 7) is 14.4. The molecule has 3 heteroatoms. The molecule has 146 valence electrons. The fraction of sp³-hybridized carbons (Fsp3) is 0.727. The van der Waals surface area contributed by atoms with Crippen LogP contribution in [0.1, 0.15) is 54.4 Å². The summed E-state index contributed by atoms with van der Waals surface area (Å²) in [5.41, 5.74) is 0. The Morgan fingerprint density at radius 3 is 1.40 bits per heavy atom. The number of hydrogen-bond donors (Lipinski definition) is 0. The van der Waals surface area contributed by atoms with Crippen molar-refractivity contribution >= 4 is 17.0 Å². The SMILES string of the molecule is CC1C(C)C(C)C(C)C1C.CC1CCC2C=CC=CC12.[CH3-].[CH3-].[Cl][Zr+2][Cl]. The molecule has 0 nitrogen and oxygen atoms in total. The number of allylic oxidation sites excluding steroid dienone is 4. The van der Waals surface area contributed by atoms with Gasteiger partial charge in [0, 0.05) is 0 Å². The van der Waals surface area contributed by atoms with Gasteiger partial charge in [0.1, 0.15) is 0 Å². The van der Waals surface area contributed by atoms with Crippen LogP contribution >= 0.6 is 17.0 Å². The second-order valence-electron chi connectivity index (χ2n) is 7.93. The van der Waals surface area contributed by atoms with Gasteiger partial charge in [-0.15, -0.1) is 0 Å². The van der Waals surface area contributed by atoms with E-state index in [1.807, 2.05) is 0 Å². The van der Waals surface area contributed by atoms with Crippen LogP contribution in [0.5, 0.6) is 0 Å². The van der Waals surface area contributed by atoms with Crippen molar-refractivity contribution in [1.29, 1.82) is 0 Å². The Kier molecular flexibility index (Phi) is 15.8. The van der Waals surface area contributed by atoms with E-state index >= 15 is 0 Å². The molecule has 0 amide bonds. The van der Waals surface area contributed by atoms with E-state index in [0.29, 0.717) is 0 Å². The molecule has 0 aliphatic heterocycles. The van der Waals surface area contributed by atoms with Gasteiger partial charge in [-0.05, 0) is 60.2 Å². The minimum atomic E-state index is -0.826. The Labute approximate surface area is 177 Å². The Morgan fingerprint density at radius 2 is 1.04 bits per heavy atom. The Balaban J connectivity index is 0. The summed E-state index contributed by atoms with van der Waals surface area (Å²) in [5.74, 6) is 7.34. The minimum absolute atomic E-state index is 0. The van der Waals surface area contributed by atoms with Crippen molar-refractivity contribution in [2.24, 2.45) is 47.3 Å². The van der Waals surface area contributed by atoms with Crippen LogP contribution in [0, 0.1) is 62.2 Å². The second-order valence-corrected chi connectivity index (χ2v) is 11.7. The van der Waals surface area contributed by atoms with Crippen LogP contribution in [0.25, 0.3) is 0 Å². The van der Waals surface area contributed by atoms with Gasteiger partial charge in [-0.25, -0.2) is 0 Å². The molecule has 0 N–H and O–H groups in total. The molecule has 3 aliphatic carbocycles. The van der Waals surface area contributed by atoms with Crippen LogP contribution in [0.15, 0.2) is 24.3 Å². The maximum absolute atomic E-state index is 4.93. The van der Waals surface area contributed by atoms with Crippen LogP contribution in [0.4, 0.5) is 0 Å². The standard InChI is InChI=1S/C10H14.C10H20.2CH3.2ClH.Zr/c1-8-6-7-9-4-2-3-5-10(8)9;1-6-7(2)9(4)10(5)8(6)3;;;;;/h2-5,8-10H,6-7H2,1H3;6-10H,1-5H3;2*1H3;2*1H;/q;;2*-1;;;+4/p-2. The van der Waals surface area contributed by atoms with Gasteiger partial charge in [-0.3, -0.25) is 0 Å². The summed E-state index contributed by atoms with van der Waals surface area (Å²) in [6, 6.07) is 0. The summed E-state index contributed by atoms with van der Waals surface area (Å²) < 4.78 is 0. The van der Waals surface area contributed by atoms with E-state index < -0.39 is 20.8 Å². The van der Waals surface area contributed by atoms with Gasteiger partial charge in [0.05, 0.1) is 0 Å². The van der Waals surface area contributed by atoms with Gasteiger partial charge in [0.25, 0.3) is 0 Å². The second kappa shape index (κ2) is 14.0. The predicted octanol–water partition coefficient (Wildman–Crippen LogP) is 8.23. The zero-order valence-electron chi connectivity index (χ0n) is 17.6. The molecule has 0 bridgehead atoms. The maximum atomic E-state index is 4.93. The van der Waals surface area contributed by atoms with Crippen molar-refractivity contribution in [1.82, 2.24) is 0 Å². The van der Waals surface area contributed by atoms with Crippen molar-refractivity contribution in [3.63, 3.8) is 0 Å². The van der Waals surface area contributed by atoms with Crippen molar-refractivity contribution in [3.8, 4) is 0 Å². The molecular weight excluding hydrogens is 426 g/mol. The third-order valence-corrected chi connectivity index (χ3v) is 7.06. The summed E-state index contributed by atoms with van der Waals surface area (Å²) in [5, 5.41) is 0. The Hall–Kier alpha value is 0.943. The Bertz CT molecular complexity index is 349. The van der Waals surface area contributed by atoms with Gasteiger partial charge in [0.2, 0.25) is 0 Å². The van der Waals surface area contributed by atoms with E-state index in [0.717, 1.165) is 47.3 Å². The van der Waals surface area contributed by atoms with E-state index in [-0.39, 0.29) is 14.9 Å². The molecule has 0 aromatic carbocycles. The zero-order valence-corrected chi connectivity index (χ0v) is 21.6. The average molecular weight is 467 g/mol. The van der Waals surface area contributed by atoms with E-state index in [1.165, 1.54) is 12.8 Å². The number of fused-ring (bicyclic) bond motifs is 1. The molecular formula is C22H40Cl2Zr. The van der Waals surface area contributed by atoms with Crippen molar-refractivity contribution in [2.45, 2.75) is 54.4 Å². The van der Waals surface area contributed by atoms with Crippen LogP contribution in [-0.2, 0) is 20.8 Å². The molecule has 0 aromatic heterocycles. The average Bonchev–Trinajstić information content (AvgIpc) is 3.00. The first kappa shape index (κ1) is 28.2. The summed E-state index contributed by atoms with van der Waals surface area (Å²) in [7, 11) is 9.87. The topological polar surface area (TPSA) is 0 Å². The van der Waals surface area contributed by atoms with Crippen LogP contribution in [0.2, 0.25) is 0 Å². The third kappa shape index (κ3) is 7.83. The molecule has 3 unspecified atom stereocenters. The van der Waals surface area contributed by atoms with Gasteiger partial charge in [-0.1, -0.05) is 65.8 Å². The molecule has 0 heterocycles. The number of halogens is 2.